The van der Waals surface area contributed by atoms with Gasteiger partial charge in [-0.25, -0.2) is 4.79 Å². The minimum Gasteiger partial charge on any atom is -0.454 e. The maximum Gasteiger partial charge on any atom is 0.341 e. The molecule has 0 aliphatic carbocycles. The molecule has 0 saturated carbocycles. The summed E-state index contributed by atoms with van der Waals surface area (Å²) in [5.74, 6) is -1.21. The van der Waals surface area contributed by atoms with Gasteiger partial charge in [0.1, 0.15) is 0 Å². The first-order valence-electron chi connectivity index (χ1n) is 10.5. The Morgan fingerprint density at radius 2 is 1.67 bits per heavy atom. The zero-order valence-electron chi connectivity index (χ0n) is 18.2. The normalized spacial score (nSPS) is 19.1. The van der Waals surface area contributed by atoms with E-state index in [0.717, 1.165) is 11.3 Å². The van der Waals surface area contributed by atoms with Crippen LogP contribution in [0.3, 0.4) is 0 Å². The number of benzene rings is 3. The Balaban J connectivity index is 1.64. The highest BCUT2D eigenvalue weighted by Gasteiger charge is 2.48. The molecule has 0 aromatic heterocycles. The van der Waals surface area contributed by atoms with Crippen molar-refractivity contribution in [3.05, 3.63) is 94.0 Å². The van der Waals surface area contributed by atoms with E-state index in [1.807, 2.05) is 61.5 Å². The molecular weight excluding hydrogens is 442 g/mol. The van der Waals surface area contributed by atoms with E-state index in [1.165, 1.54) is 0 Å². The highest BCUT2D eigenvalue weighted by Crippen LogP contribution is 2.45. The Labute approximate surface area is 196 Å². The van der Waals surface area contributed by atoms with E-state index < -0.39 is 11.8 Å². The van der Waals surface area contributed by atoms with Crippen LogP contribution in [0.4, 0.5) is 5.69 Å². The van der Waals surface area contributed by atoms with E-state index in [0.29, 0.717) is 38.8 Å². The van der Waals surface area contributed by atoms with Crippen molar-refractivity contribution in [1.82, 2.24) is 0 Å². The van der Waals surface area contributed by atoms with Gasteiger partial charge in [-0.3, -0.25) is 0 Å². The molecule has 3 aromatic carbocycles. The van der Waals surface area contributed by atoms with Crippen LogP contribution in [0.5, 0.6) is 11.5 Å². The summed E-state index contributed by atoms with van der Waals surface area (Å²) in [6, 6.07) is 19.8. The average Bonchev–Trinajstić information content (AvgIpc) is 3.36. The molecule has 1 N–H and O–H groups in total. The predicted molar refractivity (Wildman–Crippen MR) is 125 cm³/mol. The molecule has 5 rings (SSSR count). The van der Waals surface area contributed by atoms with Crippen LogP contribution < -0.4 is 14.4 Å². The summed E-state index contributed by atoms with van der Waals surface area (Å²) in [5.41, 5.74) is 3.74. The maximum atomic E-state index is 13.1. The Hall–Kier alpha value is -3.48. The molecule has 0 radical (unpaired) electrons. The molecule has 1 unspecified atom stereocenters. The Morgan fingerprint density at radius 1 is 0.970 bits per heavy atom. The van der Waals surface area contributed by atoms with Crippen molar-refractivity contribution in [2.75, 3.05) is 25.8 Å². The van der Waals surface area contributed by atoms with Crippen LogP contribution in [-0.2, 0) is 21.7 Å². The smallest absolute Gasteiger partial charge is 0.341 e. The minimum atomic E-state index is -1.92. The van der Waals surface area contributed by atoms with Gasteiger partial charge in [-0.1, -0.05) is 41.9 Å². The fourth-order valence-electron chi connectivity index (χ4n) is 4.13. The van der Waals surface area contributed by atoms with Gasteiger partial charge in [0.15, 0.2) is 11.5 Å². The topological polar surface area (TPSA) is 68.2 Å². The van der Waals surface area contributed by atoms with Gasteiger partial charge in [-0.05, 0) is 47.5 Å². The van der Waals surface area contributed by atoms with Crippen molar-refractivity contribution in [3.63, 3.8) is 0 Å². The second-order valence-electron chi connectivity index (χ2n) is 8.20. The molecule has 0 bridgehead atoms. The lowest BCUT2D eigenvalue weighted by Gasteiger charge is -2.26. The molecule has 7 heteroatoms. The average molecular weight is 464 g/mol. The number of ether oxygens (including phenoxy) is 3. The largest absolute Gasteiger partial charge is 0.454 e. The third kappa shape index (κ3) is 3.81. The van der Waals surface area contributed by atoms with Gasteiger partial charge in [0.2, 0.25) is 6.79 Å². The monoisotopic (exact) mass is 463 g/mol. The number of halogens is 1. The lowest BCUT2D eigenvalue weighted by Crippen LogP contribution is -2.29. The number of aliphatic hydroxyl groups is 1. The molecule has 0 saturated heterocycles. The van der Waals surface area contributed by atoms with Crippen molar-refractivity contribution in [3.8, 4) is 11.5 Å². The number of hydrogen-bond acceptors (Lipinski definition) is 6. The number of cyclic esters (lactones) is 1. The summed E-state index contributed by atoms with van der Waals surface area (Å²) in [4.78, 5) is 15.1. The summed E-state index contributed by atoms with van der Waals surface area (Å²) in [7, 11) is 3.89. The first-order chi connectivity index (χ1) is 15.8. The fraction of sp³-hybridized carbons (Fsp3) is 0.192. The second-order valence-corrected chi connectivity index (χ2v) is 8.64. The van der Waals surface area contributed by atoms with Crippen LogP contribution >= 0.6 is 11.6 Å². The van der Waals surface area contributed by atoms with Crippen LogP contribution in [0.1, 0.15) is 16.7 Å². The van der Waals surface area contributed by atoms with E-state index in [4.69, 9.17) is 25.8 Å². The van der Waals surface area contributed by atoms with Crippen molar-refractivity contribution in [2.24, 2.45) is 0 Å². The molecular formula is C26H22ClNO5. The molecule has 33 heavy (non-hydrogen) atoms. The Kier molecular flexibility index (Phi) is 5.27. The number of anilines is 1. The van der Waals surface area contributed by atoms with Crippen LogP contribution in [0.2, 0.25) is 5.02 Å². The standard InChI is InChI=1S/C26H22ClNO5/c1-28(2)20-10-4-17(5-11-20)24-21(13-16-3-12-22-23(14-16)32-15-31-22)26(30,33-25(24)29)18-6-8-19(27)9-7-18/h3-12,14,30H,13,15H2,1-2H3. The zero-order valence-corrected chi connectivity index (χ0v) is 18.9. The predicted octanol–water partition coefficient (Wildman–Crippen LogP) is 4.53. The molecule has 1 atom stereocenters. The number of nitrogens with zero attached hydrogens (tertiary/aromatic N) is 1. The number of carbonyl (C=O) groups excluding carboxylic acids is 1. The number of rotatable bonds is 5. The summed E-state index contributed by atoms with van der Waals surface area (Å²) in [6.45, 7) is 0.168. The summed E-state index contributed by atoms with van der Waals surface area (Å²) >= 11 is 6.05. The zero-order chi connectivity index (χ0) is 23.2. The number of carbonyl (C=O) groups is 1. The van der Waals surface area contributed by atoms with Crippen molar-refractivity contribution >= 4 is 28.8 Å². The number of fused-ring (bicyclic) bond motifs is 1. The highest BCUT2D eigenvalue weighted by molar-refractivity contribution is 6.30. The molecule has 2 aliphatic rings. The van der Waals surface area contributed by atoms with Gasteiger partial charge in [0.05, 0.1) is 5.57 Å². The van der Waals surface area contributed by atoms with Gasteiger partial charge in [-0.15, -0.1) is 0 Å². The van der Waals surface area contributed by atoms with Crippen molar-refractivity contribution in [1.29, 1.82) is 0 Å². The van der Waals surface area contributed by atoms with Crippen molar-refractivity contribution in [2.45, 2.75) is 12.2 Å². The number of esters is 1. The van der Waals surface area contributed by atoms with E-state index in [2.05, 4.69) is 0 Å². The number of hydrogen-bond donors (Lipinski definition) is 1. The summed E-state index contributed by atoms with van der Waals surface area (Å²) in [5, 5.41) is 12.2. The van der Waals surface area contributed by atoms with E-state index in [1.54, 1.807) is 24.3 Å². The third-order valence-corrected chi connectivity index (χ3v) is 6.13. The van der Waals surface area contributed by atoms with Gasteiger partial charge in [0.25, 0.3) is 5.79 Å². The van der Waals surface area contributed by atoms with Gasteiger partial charge in [-0.2, -0.15) is 0 Å². The van der Waals surface area contributed by atoms with E-state index >= 15 is 0 Å². The Bertz CT molecular complexity index is 1250. The molecule has 0 fully saturated rings. The van der Waals surface area contributed by atoms with Crippen LogP contribution in [-0.4, -0.2) is 32.0 Å². The minimum absolute atomic E-state index is 0.168. The molecule has 6 nitrogen and oxygen atoms in total. The lowest BCUT2D eigenvalue weighted by molar-refractivity contribution is -0.185. The second kappa shape index (κ2) is 8.14. The SMILES string of the molecule is CN(C)c1ccc(C2=C(Cc3ccc4c(c3)OCO4)C(O)(c3ccc(Cl)cc3)OC2=O)cc1. The maximum absolute atomic E-state index is 13.1. The van der Waals surface area contributed by atoms with E-state index in [9.17, 15) is 9.90 Å². The van der Waals surface area contributed by atoms with Gasteiger partial charge in [0, 0.05) is 42.4 Å². The quantitative estimate of drug-likeness (QED) is 0.560. The van der Waals surface area contributed by atoms with E-state index in [-0.39, 0.29) is 13.2 Å². The highest BCUT2D eigenvalue weighted by atomic mass is 35.5. The molecule has 2 aliphatic heterocycles. The molecule has 168 valence electrons. The molecule has 3 aromatic rings. The molecule has 0 spiro atoms. The molecule has 0 amide bonds. The van der Waals surface area contributed by atoms with Crippen molar-refractivity contribution < 1.29 is 24.1 Å². The lowest BCUT2D eigenvalue weighted by atomic mass is 9.88. The van der Waals surface area contributed by atoms with Crippen LogP contribution in [0.15, 0.2) is 72.3 Å². The van der Waals surface area contributed by atoms with Gasteiger partial charge < -0.3 is 24.2 Å². The van der Waals surface area contributed by atoms with Gasteiger partial charge >= 0.3 is 5.97 Å². The molecule has 2 heterocycles. The fourth-order valence-corrected chi connectivity index (χ4v) is 4.26. The first-order valence-corrected chi connectivity index (χ1v) is 10.8. The first kappa shape index (κ1) is 21.4. The summed E-state index contributed by atoms with van der Waals surface area (Å²) in [6.07, 6.45) is 0.270. The summed E-state index contributed by atoms with van der Waals surface area (Å²) < 4.78 is 16.5. The van der Waals surface area contributed by atoms with Crippen LogP contribution in [0.25, 0.3) is 5.57 Å². The van der Waals surface area contributed by atoms with Crippen LogP contribution in [0, 0.1) is 0 Å². The Morgan fingerprint density at radius 3 is 2.36 bits per heavy atom. The third-order valence-electron chi connectivity index (χ3n) is 5.88.